The van der Waals surface area contributed by atoms with E-state index in [0.29, 0.717) is 13.0 Å². The van der Waals surface area contributed by atoms with Crippen LogP contribution in [0.2, 0.25) is 0 Å². The maximum absolute atomic E-state index is 11.6. The number of carbonyl (C=O) groups excluding carboxylic acids is 1. The predicted octanol–water partition coefficient (Wildman–Crippen LogP) is 3.03. The molecule has 1 aromatic carbocycles. The van der Waals surface area contributed by atoms with Gasteiger partial charge in [-0.05, 0) is 26.8 Å². The van der Waals surface area contributed by atoms with E-state index >= 15 is 0 Å². The molecule has 5 nitrogen and oxygen atoms in total. The molecule has 21 heavy (non-hydrogen) atoms. The van der Waals surface area contributed by atoms with Crippen LogP contribution in [0.4, 0.5) is 5.69 Å². The lowest BCUT2D eigenvalue weighted by Crippen LogP contribution is -2.21. The lowest BCUT2D eigenvalue weighted by atomic mass is 10.1. The second kappa shape index (κ2) is 4.91. The maximum Gasteiger partial charge on any atom is 0.227 e. The van der Waals surface area contributed by atoms with Gasteiger partial charge in [0.15, 0.2) is 5.75 Å². The summed E-state index contributed by atoms with van der Waals surface area (Å²) in [7, 11) is 0. The predicted molar refractivity (Wildman–Crippen MR) is 81.4 cm³/mol. The van der Waals surface area contributed by atoms with E-state index in [1.807, 2.05) is 35.3 Å². The Labute approximate surface area is 123 Å². The SMILES string of the molecule is CC(C)(C)n1cc(-c2cccc3c2OCCC(=O)N3)cn1. The summed E-state index contributed by atoms with van der Waals surface area (Å²) >= 11 is 0. The summed E-state index contributed by atoms with van der Waals surface area (Å²) in [6, 6.07) is 5.76. The highest BCUT2D eigenvalue weighted by Crippen LogP contribution is 2.38. The lowest BCUT2D eigenvalue weighted by Gasteiger charge is -2.18. The third-order valence-electron chi connectivity index (χ3n) is 3.45. The van der Waals surface area contributed by atoms with Crippen LogP contribution in [0.3, 0.4) is 0 Å². The van der Waals surface area contributed by atoms with Crippen LogP contribution in [0.5, 0.6) is 5.75 Å². The summed E-state index contributed by atoms with van der Waals surface area (Å²) in [6.07, 6.45) is 4.21. The van der Waals surface area contributed by atoms with Gasteiger partial charge in [-0.2, -0.15) is 5.10 Å². The Bertz CT molecular complexity index is 683. The smallest absolute Gasteiger partial charge is 0.227 e. The van der Waals surface area contributed by atoms with Gasteiger partial charge in [-0.25, -0.2) is 0 Å². The Balaban J connectivity index is 2.05. The molecule has 0 saturated carbocycles. The van der Waals surface area contributed by atoms with E-state index in [9.17, 15) is 4.79 Å². The Hall–Kier alpha value is -2.30. The molecule has 0 fully saturated rings. The van der Waals surface area contributed by atoms with Crippen molar-refractivity contribution >= 4 is 11.6 Å². The molecule has 1 aliphatic heterocycles. The molecule has 110 valence electrons. The quantitative estimate of drug-likeness (QED) is 0.876. The largest absolute Gasteiger partial charge is 0.490 e. The van der Waals surface area contributed by atoms with E-state index in [1.54, 1.807) is 0 Å². The number of para-hydroxylation sites is 1. The van der Waals surface area contributed by atoms with Crippen LogP contribution >= 0.6 is 0 Å². The Morgan fingerprint density at radius 3 is 2.86 bits per heavy atom. The molecule has 2 heterocycles. The van der Waals surface area contributed by atoms with Crippen LogP contribution in [-0.4, -0.2) is 22.3 Å². The molecule has 2 aromatic rings. The minimum absolute atomic E-state index is 0.0173. The highest BCUT2D eigenvalue weighted by atomic mass is 16.5. The van der Waals surface area contributed by atoms with Crippen molar-refractivity contribution in [1.82, 2.24) is 9.78 Å². The van der Waals surface area contributed by atoms with Gasteiger partial charge >= 0.3 is 0 Å². The third kappa shape index (κ3) is 2.63. The van der Waals surface area contributed by atoms with Crippen LogP contribution in [-0.2, 0) is 10.3 Å². The first-order chi connectivity index (χ1) is 9.95. The number of benzene rings is 1. The third-order valence-corrected chi connectivity index (χ3v) is 3.45. The Morgan fingerprint density at radius 1 is 1.33 bits per heavy atom. The van der Waals surface area contributed by atoms with Gasteiger partial charge in [-0.1, -0.05) is 12.1 Å². The molecule has 5 heteroatoms. The van der Waals surface area contributed by atoms with Crippen molar-refractivity contribution in [2.45, 2.75) is 32.7 Å². The second-order valence-corrected chi connectivity index (χ2v) is 6.17. The molecule has 0 saturated heterocycles. The Morgan fingerprint density at radius 2 is 2.14 bits per heavy atom. The standard InChI is InChI=1S/C16H19N3O2/c1-16(2,3)19-10-11(9-17-19)12-5-4-6-13-15(12)21-8-7-14(20)18-13/h4-6,9-10H,7-8H2,1-3H3,(H,18,20). The first-order valence-corrected chi connectivity index (χ1v) is 7.06. The molecule has 0 radical (unpaired) electrons. The van der Waals surface area contributed by atoms with Gasteiger partial charge in [-0.3, -0.25) is 9.48 Å². The summed E-state index contributed by atoms with van der Waals surface area (Å²) in [5.41, 5.74) is 2.58. The normalized spacial score (nSPS) is 14.9. The van der Waals surface area contributed by atoms with Crippen LogP contribution in [0.1, 0.15) is 27.2 Å². The van der Waals surface area contributed by atoms with Gasteiger partial charge in [0.25, 0.3) is 0 Å². The molecular weight excluding hydrogens is 266 g/mol. The summed E-state index contributed by atoms with van der Waals surface area (Å²) in [6.45, 7) is 6.70. The molecule has 0 bridgehead atoms. The van der Waals surface area contributed by atoms with Crippen LogP contribution in [0.15, 0.2) is 30.6 Å². The average molecular weight is 285 g/mol. The monoisotopic (exact) mass is 285 g/mol. The van der Waals surface area contributed by atoms with Gasteiger partial charge in [0.05, 0.1) is 30.5 Å². The summed E-state index contributed by atoms with van der Waals surface area (Å²) in [4.78, 5) is 11.6. The van der Waals surface area contributed by atoms with Crippen molar-refractivity contribution in [2.24, 2.45) is 0 Å². The van der Waals surface area contributed by atoms with Crippen molar-refractivity contribution in [3.05, 3.63) is 30.6 Å². The molecule has 3 rings (SSSR count). The number of hydrogen-bond acceptors (Lipinski definition) is 3. The van der Waals surface area contributed by atoms with Crippen molar-refractivity contribution < 1.29 is 9.53 Å². The lowest BCUT2D eigenvalue weighted by molar-refractivity contribution is -0.116. The molecule has 0 unspecified atom stereocenters. The van der Waals surface area contributed by atoms with Crippen LogP contribution < -0.4 is 10.1 Å². The molecule has 0 atom stereocenters. The molecule has 1 aromatic heterocycles. The molecule has 1 amide bonds. The van der Waals surface area contributed by atoms with Crippen LogP contribution in [0.25, 0.3) is 11.1 Å². The van der Waals surface area contributed by atoms with E-state index in [0.717, 1.165) is 22.6 Å². The van der Waals surface area contributed by atoms with E-state index in [4.69, 9.17) is 4.74 Å². The molecule has 0 spiro atoms. The minimum atomic E-state index is -0.0704. The summed E-state index contributed by atoms with van der Waals surface area (Å²) < 4.78 is 7.71. The van der Waals surface area contributed by atoms with Crippen LogP contribution in [0, 0.1) is 0 Å². The Kier molecular flexibility index (Phi) is 3.20. The average Bonchev–Trinajstić information content (AvgIpc) is 2.82. The van der Waals surface area contributed by atoms with E-state index in [-0.39, 0.29) is 11.4 Å². The van der Waals surface area contributed by atoms with Gasteiger partial charge in [0.2, 0.25) is 5.91 Å². The molecular formula is C16H19N3O2. The number of rotatable bonds is 1. The van der Waals surface area contributed by atoms with Crippen molar-refractivity contribution in [2.75, 3.05) is 11.9 Å². The summed E-state index contributed by atoms with van der Waals surface area (Å²) in [5, 5.41) is 7.30. The second-order valence-electron chi connectivity index (χ2n) is 6.17. The number of nitrogens with one attached hydrogen (secondary N) is 1. The molecule has 1 aliphatic rings. The van der Waals surface area contributed by atoms with Crippen molar-refractivity contribution in [1.29, 1.82) is 0 Å². The number of anilines is 1. The first-order valence-electron chi connectivity index (χ1n) is 7.06. The first kappa shape index (κ1) is 13.7. The van der Waals surface area contributed by atoms with Crippen molar-refractivity contribution in [3.8, 4) is 16.9 Å². The minimum Gasteiger partial charge on any atom is -0.490 e. The van der Waals surface area contributed by atoms with Gasteiger partial charge < -0.3 is 10.1 Å². The van der Waals surface area contributed by atoms with Gasteiger partial charge in [-0.15, -0.1) is 0 Å². The fraction of sp³-hybridized carbons (Fsp3) is 0.375. The highest BCUT2D eigenvalue weighted by Gasteiger charge is 2.20. The number of amides is 1. The van der Waals surface area contributed by atoms with Gasteiger partial charge in [0.1, 0.15) is 0 Å². The highest BCUT2D eigenvalue weighted by molar-refractivity contribution is 5.95. The fourth-order valence-electron chi connectivity index (χ4n) is 2.31. The topological polar surface area (TPSA) is 56.1 Å². The maximum atomic E-state index is 11.6. The number of ether oxygens (including phenoxy) is 1. The zero-order valence-electron chi connectivity index (χ0n) is 12.5. The van der Waals surface area contributed by atoms with Gasteiger partial charge in [0, 0.05) is 17.3 Å². The fourth-order valence-corrected chi connectivity index (χ4v) is 2.31. The van der Waals surface area contributed by atoms with Crippen molar-refractivity contribution in [3.63, 3.8) is 0 Å². The number of nitrogens with zero attached hydrogens (tertiary/aromatic N) is 2. The molecule has 0 aliphatic carbocycles. The van der Waals surface area contributed by atoms with E-state index in [1.165, 1.54) is 0 Å². The summed E-state index contributed by atoms with van der Waals surface area (Å²) in [5.74, 6) is 0.702. The zero-order chi connectivity index (χ0) is 15.0. The number of aromatic nitrogens is 2. The van der Waals surface area contributed by atoms with E-state index < -0.39 is 0 Å². The van der Waals surface area contributed by atoms with E-state index in [2.05, 4.69) is 31.2 Å². The number of carbonyl (C=O) groups is 1. The number of hydrogen-bond donors (Lipinski definition) is 1. The molecule has 1 N–H and O–H groups in total. The number of fused-ring (bicyclic) bond motifs is 1. The zero-order valence-corrected chi connectivity index (χ0v) is 12.5.